The van der Waals surface area contributed by atoms with Crippen molar-refractivity contribution in [3.8, 4) is 0 Å². The number of hydrogen-bond acceptors (Lipinski definition) is 2. The lowest BCUT2D eigenvalue weighted by Gasteiger charge is -2.42. The highest BCUT2D eigenvalue weighted by Crippen LogP contribution is 2.35. The number of piperidine rings is 1. The maximum Gasteiger partial charge on any atom is 0.123 e. The SMILES string of the molecule is CC(C)=CC(CC(C)(C)c1ccc(F)cc1)N1CCC(C2CCOCC2)CC1. The molecule has 0 aromatic heterocycles. The Morgan fingerprint density at radius 3 is 2.21 bits per heavy atom. The molecule has 0 aliphatic carbocycles. The molecular formula is C25H38FNO. The summed E-state index contributed by atoms with van der Waals surface area (Å²) in [7, 11) is 0. The van der Waals surface area contributed by atoms with Crippen molar-refractivity contribution in [2.45, 2.75) is 71.3 Å². The Morgan fingerprint density at radius 2 is 1.64 bits per heavy atom. The Hall–Kier alpha value is -1.19. The topological polar surface area (TPSA) is 12.5 Å². The molecule has 0 saturated carbocycles. The van der Waals surface area contributed by atoms with Gasteiger partial charge in [0.2, 0.25) is 0 Å². The van der Waals surface area contributed by atoms with Gasteiger partial charge in [-0.25, -0.2) is 4.39 Å². The van der Waals surface area contributed by atoms with E-state index in [4.69, 9.17) is 4.74 Å². The van der Waals surface area contributed by atoms with Crippen LogP contribution in [0.25, 0.3) is 0 Å². The standard InChI is InChI=1S/C25H38FNO/c1-19(2)17-24(18-25(3,4)22-5-7-23(26)8-6-22)27-13-9-20(10-14-27)21-11-15-28-16-12-21/h5-8,17,20-21,24H,9-16,18H2,1-4H3. The van der Waals surface area contributed by atoms with Gasteiger partial charge in [0.15, 0.2) is 0 Å². The van der Waals surface area contributed by atoms with E-state index in [-0.39, 0.29) is 11.2 Å². The van der Waals surface area contributed by atoms with Crippen LogP contribution >= 0.6 is 0 Å². The number of likely N-dealkylation sites (tertiary alicyclic amines) is 1. The number of allylic oxidation sites excluding steroid dienone is 1. The van der Waals surface area contributed by atoms with Crippen LogP contribution in [0.1, 0.15) is 65.4 Å². The molecule has 2 aliphatic rings. The van der Waals surface area contributed by atoms with Gasteiger partial charge in [-0.05, 0) is 94.0 Å². The molecular weight excluding hydrogens is 349 g/mol. The van der Waals surface area contributed by atoms with E-state index in [1.54, 1.807) is 12.1 Å². The van der Waals surface area contributed by atoms with Gasteiger partial charge < -0.3 is 4.74 Å². The number of nitrogens with zero attached hydrogens (tertiary/aromatic N) is 1. The predicted octanol–water partition coefficient (Wildman–Crippen LogP) is 5.97. The Morgan fingerprint density at radius 1 is 1.07 bits per heavy atom. The van der Waals surface area contributed by atoms with Crippen molar-refractivity contribution in [3.05, 3.63) is 47.3 Å². The number of halogens is 1. The average molecular weight is 388 g/mol. The lowest BCUT2D eigenvalue weighted by molar-refractivity contribution is 0.0260. The first-order valence-electron chi connectivity index (χ1n) is 11.1. The highest BCUT2D eigenvalue weighted by atomic mass is 19.1. The lowest BCUT2D eigenvalue weighted by atomic mass is 9.77. The Kier molecular flexibility index (Phi) is 7.33. The minimum Gasteiger partial charge on any atom is -0.381 e. The summed E-state index contributed by atoms with van der Waals surface area (Å²) in [5.74, 6) is 1.58. The summed E-state index contributed by atoms with van der Waals surface area (Å²) >= 11 is 0. The van der Waals surface area contributed by atoms with Crippen molar-refractivity contribution in [2.24, 2.45) is 11.8 Å². The van der Waals surface area contributed by atoms with Crippen LogP contribution in [0.5, 0.6) is 0 Å². The summed E-state index contributed by atoms with van der Waals surface area (Å²) in [6.07, 6.45) is 8.63. The summed E-state index contributed by atoms with van der Waals surface area (Å²) in [4.78, 5) is 2.69. The van der Waals surface area contributed by atoms with Crippen LogP contribution < -0.4 is 0 Å². The summed E-state index contributed by atoms with van der Waals surface area (Å²) in [5.41, 5.74) is 2.62. The molecule has 2 saturated heterocycles. The fraction of sp³-hybridized carbons (Fsp3) is 0.680. The number of hydrogen-bond donors (Lipinski definition) is 0. The number of ether oxygens (including phenoxy) is 1. The second-order valence-electron chi connectivity index (χ2n) is 9.73. The zero-order valence-corrected chi connectivity index (χ0v) is 18.2. The van der Waals surface area contributed by atoms with Crippen molar-refractivity contribution < 1.29 is 9.13 Å². The number of rotatable bonds is 6. The summed E-state index contributed by atoms with van der Waals surface area (Å²) in [5, 5.41) is 0. The van der Waals surface area contributed by atoms with Gasteiger partial charge in [-0.15, -0.1) is 0 Å². The zero-order valence-electron chi connectivity index (χ0n) is 18.2. The molecule has 2 nitrogen and oxygen atoms in total. The Balaban J connectivity index is 1.65. The Bertz CT molecular complexity index is 633. The molecule has 3 heteroatoms. The van der Waals surface area contributed by atoms with Crippen molar-refractivity contribution in [1.29, 1.82) is 0 Å². The van der Waals surface area contributed by atoms with Gasteiger partial charge in [-0.2, -0.15) is 0 Å². The maximum atomic E-state index is 13.4. The van der Waals surface area contributed by atoms with E-state index in [9.17, 15) is 4.39 Å². The van der Waals surface area contributed by atoms with Gasteiger partial charge in [-0.1, -0.05) is 37.6 Å². The molecule has 0 spiro atoms. The summed E-state index contributed by atoms with van der Waals surface area (Å²) in [6, 6.07) is 7.53. The highest BCUT2D eigenvalue weighted by Gasteiger charge is 2.32. The van der Waals surface area contributed by atoms with Gasteiger partial charge in [0.25, 0.3) is 0 Å². The van der Waals surface area contributed by atoms with E-state index in [1.807, 2.05) is 12.1 Å². The maximum absolute atomic E-state index is 13.4. The first-order chi connectivity index (χ1) is 13.3. The fourth-order valence-electron chi connectivity index (χ4n) is 5.13. The molecule has 0 bridgehead atoms. The second kappa shape index (κ2) is 9.54. The molecule has 0 radical (unpaired) electrons. The second-order valence-corrected chi connectivity index (χ2v) is 9.73. The van der Waals surface area contributed by atoms with Crippen molar-refractivity contribution >= 4 is 0 Å². The van der Waals surface area contributed by atoms with E-state index in [0.29, 0.717) is 6.04 Å². The van der Waals surface area contributed by atoms with Crippen LogP contribution in [-0.4, -0.2) is 37.2 Å². The third-order valence-corrected chi connectivity index (χ3v) is 6.85. The molecule has 1 aromatic rings. The molecule has 2 heterocycles. The third kappa shape index (κ3) is 5.67. The van der Waals surface area contributed by atoms with Crippen molar-refractivity contribution in [3.63, 3.8) is 0 Å². The van der Waals surface area contributed by atoms with E-state index in [0.717, 1.165) is 31.5 Å². The van der Waals surface area contributed by atoms with Crippen molar-refractivity contribution in [1.82, 2.24) is 4.90 Å². The van der Waals surface area contributed by atoms with Crippen LogP contribution in [0.3, 0.4) is 0 Å². The first-order valence-corrected chi connectivity index (χ1v) is 11.1. The normalized spacial score (nSPS) is 21.5. The molecule has 156 valence electrons. The largest absolute Gasteiger partial charge is 0.381 e. The third-order valence-electron chi connectivity index (χ3n) is 6.85. The van der Waals surface area contributed by atoms with E-state index in [1.165, 1.54) is 49.9 Å². The smallest absolute Gasteiger partial charge is 0.123 e. The number of benzene rings is 1. The van der Waals surface area contributed by atoms with Gasteiger partial charge in [0.1, 0.15) is 5.82 Å². The monoisotopic (exact) mass is 387 g/mol. The van der Waals surface area contributed by atoms with Gasteiger partial charge in [-0.3, -0.25) is 4.90 Å². The average Bonchev–Trinajstić information content (AvgIpc) is 2.68. The van der Waals surface area contributed by atoms with Crippen LogP contribution in [0, 0.1) is 17.7 Å². The van der Waals surface area contributed by atoms with E-state index < -0.39 is 0 Å². The van der Waals surface area contributed by atoms with Crippen molar-refractivity contribution in [2.75, 3.05) is 26.3 Å². The molecule has 1 aromatic carbocycles. The van der Waals surface area contributed by atoms with Gasteiger partial charge >= 0.3 is 0 Å². The fourth-order valence-corrected chi connectivity index (χ4v) is 5.13. The molecule has 2 fully saturated rings. The molecule has 0 N–H and O–H groups in total. The molecule has 0 amide bonds. The predicted molar refractivity (Wildman–Crippen MR) is 115 cm³/mol. The molecule has 3 rings (SSSR count). The van der Waals surface area contributed by atoms with Gasteiger partial charge in [0, 0.05) is 19.3 Å². The lowest BCUT2D eigenvalue weighted by Crippen LogP contribution is -2.44. The minimum atomic E-state index is -0.157. The van der Waals surface area contributed by atoms with E-state index >= 15 is 0 Å². The molecule has 1 atom stereocenters. The van der Waals surface area contributed by atoms with Crippen LogP contribution in [0.15, 0.2) is 35.9 Å². The zero-order chi connectivity index (χ0) is 20.1. The highest BCUT2D eigenvalue weighted by molar-refractivity contribution is 5.25. The van der Waals surface area contributed by atoms with Crippen LogP contribution in [0.2, 0.25) is 0 Å². The summed E-state index contributed by atoms with van der Waals surface area (Å²) < 4.78 is 18.9. The minimum absolute atomic E-state index is 0.0157. The summed E-state index contributed by atoms with van der Waals surface area (Å²) in [6.45, 7) is 13.3. The van der Waals surface area contributed by atoms with Gasteiger partial charge in [0.05, 0.1) is 0 Å². The van der Waals surface area contributed by atoms with Crippen LogP contribution in [0.4, 0.5) is 4.39 Å². The quantitative estimate of drug-likeness (QED) is 0.558. The molecule has 28 heavy (non-hydrogen) atoms. The van der Waals surface area contributed by atoms with Crippen LogP contribution in [-0.2, 0) is 10.2 Å². The van der Waals surface area contributed by atoms with E-state index in [2.05, 4.69) is 38.7 Å². The Labute approximate surface area is 171 Å². The molecule has 2 aliphatic heterocycles. The first kappa shape index (κ1) is 21.5. The molecule has 1 unspecified atom stereocenters.